The van der Waals surface area contributed by atoms with E-state index in [1.807, 2.05) is 6.07 Å². The summed E-state index contributed by atoms with van der Waals surface area (Å²) in [5, 5.41) is 12.3. The normalized spacial score (nSPS) is 19.5. The van der Waals surface area contributed by atoms with Gasteiger partial charge < -0.3 is 9.84 Å². The van der Waals surface area contributed by atoms with Crippen LogP contribution in [0.4, 0.5) is 0 Å². The van der Waals surface area contributed by atoms with E-state index in [4.69, 9.17) is 4.74 Å². The molecule has 1 aliphatic rings. The standard InChI is InChI=1S/C17H22O2S/c1-19-14-8-7-13-11-16(20-15(13)12-14)17(18)9-5-3-2-4-6-10-17/h7-8,11-12,18H,2-6,9-10H2,1H3. The van der Waals surface area contributed by atoms with Crippen molar-refractivity contribution in [3.05, 3.63) is 29.1 Å². The molecule has 2 aromatic rings. The molecule has 2 nitrogen and oxygen atoms in total. The second-order valence-electron chi connectivity index (χ2n) is 5.81. The first kappa shape index (κ1) is 13.9. The Morgan fingerprint density at radius 3 is 2.45 bits per heavy atom. The average molecular weight is 290 g/mol. The van der Waals surface area contributed by atoms with Gasteiger partial charge in [0.1, 0.15) is 5.75 Å². The van der Waals surface area contributed by atoms with E-state index in [1.54, 1.807) is 18.4 Å². The molecule has 0 amide bonds. The van der Waals surface area contributed by atoms with Gasteiger partial charge in [0.2, 0.25) is 0 Å². The van der Waals surface area contributed by atoms with Gasteiger partial charge in [-0.1, -0.05) is 32.1 Å². The fourth-order valence-electron chi connectivity index (χ4n) is 3.10. The quantitative estimate of drug-likeness (QED) is 0.857. The molecule has 0 radical (unpaired) electrons. The smallest absolute Gasteiger partial charge is 0.120 e. The Kier molecular flexibility index (Phi) is 3.99. The van der Waals surface area contributed by atoms with Crippen molar-refractivity contribution in [1.29, 1.82) is 0 Å². The molecule has 20 heavy (non-hydrogen) atoms. The number of hydrogen-bond acceptors (Lipinski definition) is 3. The molecule has 1 N–H and O–H groups in total. The molecule has 0 bridgehead atoms. The maximum absolute atomic E-state index is 11.1. The predicted octanol–water partition coefficient (Wildman–Crippen LogP) is 4.84. The molecule has 1 aliphatic carbocycles. The molecule has 0 atom stereocenters. The first-order valence-corrected chi connectivity index (χ1v) is 8.33. The summed E-state index contributed by atoms with van der Waals surface area (Å²) in [4.78, 5) is 1.13. The number of hydrogen-bond donors (Lipinski definition) is 1. The van der Waals surface area contributed by atoms with Gasteiger partial charge in [-0.15, -0.1) is 11.3 Å². The van der Waals surface area contributed by atoms with Crippen molar-refractivity contribution in [3.8, 4) is 5.75 Å². The summed E-state index contributed by atoms with van der Waals surface area (Å²) in [6.07, 6.45) is 7.89. The highest BCUT2D eigenvalue weighted by atomic mass is 32.1. The second kappa shape index (κ2) is 5.74. The van der Waals surface area contributed by atoms with Crippen LogP contribution in [-0.2, 0) is 5.60 Å². The third-order valence-electron chi connectivity index (χ3n) is 4.37. The maximum atomic E-state index is 11.1. The third-order valence-corrected chi connectivity index (χ3v) is 5.66. The van der Waals surface area contributed by atoms with Crippen molar-refractivity contribution in [2.45, 2.75) is 50.5 Å². The fourth-order valence-corrected chi connectivity index (χ4v) is 4.34. The molecule has 0 aliphatic heterocycles. The lowest BCUT2D eigenvalue weighted by Crippen LogP contribution is -2.25. The molecule has 0 saturated heterocycles. The van der Waals surface area contributed by atoms with E-state index < -0.39 is 5.60 Å². The molecule has 0 spiro atoms. The number of benzene rings is 1. The molecule has 1 aromatic heterocycles. The highest BCUT2D eigenvalue weighted by molar-refractivity contribution is 7.19. The van der Waals surface area contributed by atoms with Crippen LogP contribution < -0.4 is 4.74 Å². The van der Waals surface area contributed by atoms with Crippen LogP contribution in [0.1, 0.15) is 49.8 Å². The van der Waals surface area contributed by atoms with Crippen LogP contribution in [0.2, 0.25) is 0 Å². The number of aliphatic hydroxyl groups is 1. The van der Waals surface area contributed by atoms with Gasteiger partial charge in [0, 0.05) is 9.58 Å². The van der Waals surface area contributed by atoms with Gasteiger partial charge in [-0.05, 0) is 42.5 Å². The molecule has 3 heteroatoms. The van der Waals surface area contributed by atoms with Crippen LogP contribution in [0, 0.1) is 0 Å². The highest BCUT2D eigenvalue weighted by Gasteiger charge is 2.31. The lowest BCUT2D eigenvalue weighted by atomic mass is 9.86. The van der Waals surface area contributed by atoms with E-state index in [2.05, 4.69) is 18.2 Å². The van der Waals surface area contributed by atoms with Crippen LogP contribution in [0.5, 0.6) is 5.75 Å². The zero-order chi connectivity index (χ0) is 14.0. The van der Waals surface area contributed by atoms with Gasteiger partial charge >= 0.3 is 0 Å². The third kappa shape index (κ3) is 2.70. The number of rotatable bonds is 2. The summed E-state index contributed by atoms with van der Waals surface area (Å²) in [5.74, 6) is 0.885. The Hall–Kier alpha value is -1.06. The Morgan fingerprint density at radius 2 is 1.75 bits per heavy atom. The number of thiophene rings is 1. The first-order chi connectivity index (χ1) is 9.71. The molecule has 3 rings (SSSR count). The molecule has 0 unspecified atom stereocenters. The van der Waals surface area contributed by atoms with Gasteiger partial charge in [0.05, 0.1) is 12.7 Å². The van der Waals surface area contributed by atoms with Gasteiger partial charge in [-0.25, -0.2) is 0 Å². The highest BCUT2D eigenvalue weighted by Crippen LogP contribution is 2.41. The van der Waals surface area contributed by atoms with Gasteiger partial charge in [-0.2, -0.15) is 0 Å². The van der Waals surface area contributed by atoms with E-state index in [1.165, 1.54) is 29.3 Å². The lowest BCUT2D eigenvalue weighted by molar-refractivity contribution is 0.0132. The van der Waals surface area contributed by atoms with Crippen molar-refractivity contribution in [1.82, 2.24) is 0 Å². The van der Waals surface area contributed by atoms with E-state index >= 15 is 0 Å². The molecular formula is C17H22O2S. The topological polar surface area (TPSA) is 29.5 Å². The minimum absolute atomic E-state index is 0.614. The molecule has 1 aromatic carbocycles. The summed E-state index contributed by atoms with van der Waals surface area (Å²) in [6, 6.07) is 8.30. The summed E-state index contributed by atoms with van der Waals surface area (Å²) >= 11 is 1.72. The molecule has 108 valence electrons. The number of ether oxygens (including phenoxy) is 1. The SMILES string of the molecule is COc1ccc2cc(C3(O)CCCCCCC3)sc2c1. The summed E-state index contributed by atoms with van der Waals surface area (Å²) in [5.41, 5.74) is -0.614. The van der Waals surface area contributed by atoms with E-state index in [0.29, 0.717) is 0 Å². The van der Waals surface area contributed by atoms with E-state index in [-0.39, 0.29) is 0 Å². The molecule has 1 heterocycles. The Morgan fingerprint density at radius 1 is 1.05 bits per heavy atom. The summed E-state index contributed by atoms with van der Waals surface area (Å²) in [7, 11) is 1.69. The monoisotopic (exact) mass is 290 g/mol. The average Bonchev–Trinajstić information content (AvgIpc) is 2.86. The second-order valence-corrected chi connectivity index (χ2v) is 6.90. The Bertz CT molecular complexity index is 580. The van der Waals surface area contributed by atoms with Crippen molar-refractivity contribution < 1.29 is 9.84 Å². The van der Waals surface area contributed by atoms with Gasteiger partial charge in [0.15, 0.2) is 0 Å². The molecule has 1 saturated carbocycles. The summed E-state index contributed by atoms with van der Waals surface area (Å²) < 4.78 is 6.49. The van der Waals surface area contributed by atoms with E-state index in [9.17, 15) is 5.11 Å². The number of methoxy groups -OCH3 is 1. The van der Waals surface area contributed by atoms with E-state index in [0.717, 1.165) is 36.3 Å². The van der Waals surface area contributed by atoms with Crippen molar-refractivity contribution in [2.24, 2.45) is 0 Å². The van der Waals surface area contributed by atoms with Crippen molar-refractivity contribution in [2.75, 3.05) is 7.11 Å². The van der Waals surface area contributed by atoms with Crippen molar-refractivity contribution >= 4 is 21.4 Å². The minimum atomic E-state index is -0.614. The fraction of sp³-hybridized carbons (Fsp3) is 0.529. The largest absolute Gasteiger partial charge is 0.497 e. The number of fused-ring (bicyclic) bond motifs is 1. The zero-order valence-electron chi connectivity index (χ0n) is 12.0. The van der Waals surface area contributed by atoms with Crippen LogP contribution in [-0.4, -0.2) is 12.2 Å². The maximum Gasteiger partial charge on any atom is 0.120 e. The van der Waals surface area contributed by atoms with Crippen LogP contribution in [0.15, 0.2) is 24.3 Å². The van der Waals surface area contributed by atoms with Gasteiger partial charge in [-0.3, -0.25) is 0 Å². The Labute approximate surface area is 124 Å². The van der Waals surface area contributed by atoms with Gasteiger partial charge in [0.25, 0.3) is 0 Å². The van der Waals surface area contributed by atoms with Crippen LogP contribution >= 0.6 is 11.3 Å². The Balaban J connectivity index is 1.95. The molecule has 1 fully saturated rings. The van der Waals surface area contributed by atoms with Crippen LogP contribution in [0.3, 0.4) is 0 Å². The van der Waals surface area contributed by atoms with Crippen molar-refractivity contribution in [3.63, 3.8) is 0 Å². The molecular weight excluding hydrogens is 268 g/mol. The predicted molar refractivity (Wildman–Crippen MR) is 84.6 cm³/mol. The van der Waals surface area contributed by atoms with Crippen LogP contribution in [0.25, 0.3) is 10.1 Å². The zero-order valence-corrected chi connectivity index (χ0v) is 12.8. The lowest BCUT2D eigenvalue weighted by Gasteiger charge is -2.29. The first-order valence-electron chi connectivity index (χ1n) is 7.52. The minimum Gasteiger partial charge on any atom is -0.497 e. The summed E-state index contributed by atoms with van der Waals surface area (Å²) in [6.45, 7) is 0.